The number of hydrogen-bond acceptors (Lipinski definition) is 4. The van der Waals surface area contributed by atoms with Crippen molar-refractivity contribution in [2.24, 2.45) is 5.41 Å². The number of benzene rings is 1. The predicted molar refractivity (Wildman–Crippen MR) is 137 cm³/mol. The lowest BCUT2D eigenvalue weighted by molar-refractivity contribution is 0.0788. The number of rotatable bonds is 8. The summed E-state index contributed by atoms with van der Waals surface area (Å²) in [5, 5.41) is 12.0. The average molecular weight is 458 g/mol. The Balaban J connectivity index is 1.82. The fraction of sp³-hybridized carbons (Fsp3) is 0.379. The summed E-state index contributed by atoms with van der Waals surface area (Å²) >= 11 is 0. The summed E-state index contributed by atoms with van der Waals surface area (Å²) in [4.78, 5) is 8.93. The molecule has 0 saturated carbocycles. The van der Waals surface area contributed by atoms with Crippen molar-refractivity contribution >= 4 is 10.9 Å². The Morgan fingerprint density at radius 2 is 1.53 bits per heavy atom. The molecule has 1 N–H and O–H groups in total. The van der Waals surface area contributed by atoms with Crippen molar-refractivity contribution in [2.75, 3.05) is 0 Å². The van der Waals surface area contributed by atoms with Crippen molar-refractivity contribution in [1.29, 1.82) is 0 Å². The van der Waals surface area contributed by atoms with Crippen molar-refractivity contribution in [2.45, 2.75) is 66.2 Å². The Hall–Kier alpha value is -3.18. The minimum atomic E-state index is -0.832. The third kappa shape index (κ3) is 6.03. The van der Waals surface area contributed by atoms with Gasteiger partial charge in [0.2, 0.25) is 0 Å². The maximum atomic E-state index is 10.8. The van der Waals surface area contributed by atoms with Crippen molar-refractivity contribution in [1.82, 2.24) is 14.5 Å². The number of hydrogen-bond donors (Lipinski definition) is 1. The monoisotopic (exact) mass is 457 g/mol. The highest BCUT2D eigenvalue weighted by Gasteiger charge is 2.26. The molecular weight excluding hydrogens is 422 g/mol. The number of fused-ring (bicyclic) bond motifs is 1. The molecule has 3 aromatic heterocycles. The number of aromatic nitrogens is 3. The minimum Gasteiger partial charge on any atom is -0.487 e. The van der Waals surface area contributed by atoms with Crippen molar-refractivity contribution in [3.05, 3.63) is 89.6 Å². The molecule has 178 valence electrons. The number of pyridine rings is 2. The van der Waals surface area contributed by atoms with E-state index in [0.717, 1.165) is 34.8 Å². The Labute approximate surface area is 202 Å². The molecule has 0 amide bonds. The van der Waals surface area contributed by atoms with Crippen LogP contribution in [-0.2, 0) is 26.0 Å². The molecular formula is C29H35N3O2. The van der Waals surface area contributed by atoms with E-state index >= 15 is 0 Å². The van der Waals surface area contributed by atoms with Crippen LogP contribution in [0.5, 0.6) is 5.75 Å². The fourth-order valence-corrected chi connectivity index (χ4v) is 4.36. The molecule has 34 heavy (non-hydrogen) atoms. The van der Waals surface area contributed by atoms with Crippen LogP contribution < -0.4 is 4.74 Å². The molecule has 4 rings (SSSR count). The van der Waals surface area contributed by atoms with E-state index in [1.165, 1.54) is 10.9 Å². The van der Waals surface area contributed by atoms with Crippen molar-refractivity contribution < 1.29 is 9.84 Å². The van der Waals surface area contributed by atoms with Gasteiger partial charge < -0.3 is 14.4 Å². The average Bonchev–Trinajstić information content (AvgIpc) is 3.03. The molecule has 0 aliphatic rings. The number of aliphatic hydroxyl groups is 1. The van der Waals surface area contributed by atoms with Gasteiger partial charge in [0.15, 0.2) is 0 Å². The summed E-state index contributed by atoms with van der Waals surface area (Å²) in [6.45, 7) is 11.6. The largest absolute Gasteiger partial charge is 0.487 e. The quantitative estimate of drug-likeness (QED) is 0.355. The van der Waals surface area contributed by atoms with Gasteiger partial charge >= 0.3 is 0 Å². The first-order valence-electron chi connectivity index (χ1n) is 11.9. The molecule has 0 aliphatic carbocycles. The Bertz CT molecular complexity index is 1230. The van der Waals surface area contributed by atoms with Crippen LogP contribution in [0.3, 0.4) is 0 Å². The summed E-state index contributed by atoms with van der Waals surface area (Å²) < 4.78 is 8.44. The highest BCUT2D eigenvalue weighted by Crippen LogP contribution is 2.36. The number of ether oxygens (including phenoxy) is 1. The van der Waals surface area contributed by atoms with E-state index in [1.54, 1.807) is 6.20 Å². The van der Waals surface area contributed by atoms with E-state index in [0.29, 0.717) is 19.6 Å². The van der Waals surface area contributed by atoms with Gasteiger partial charge in [-0.15, -0.1) is 0 Å². The van der Waals surface area contributed by atoms with Crippen LogP contribution in [0.2, 0.25) is 0 Å². The highest BCUT2D eigenvalue weighted by atomic mass is 16.5. The molecule has 1 aromatic carbocycles. The summed E-state index contributed by atoms with van der Waals surface area (Å²) in [6.07, 6.45) is 5.07. The maximum Gasteiger partial charge on any atom is 0.130 e. The molecule has 3 heterocycles. The van der Waals surface area contributed by atoms with E-state index in [2.05, 4.69) is 47.4 Å². The zero-order valence-electron chi connectivity index (χ0n) is 20.9. The summed E-state index contributed by atoms with van der Waals surface area (Å²) in [5.74, 6) is 0.818. The molecule has 0 saturated heterocycles. The molecule has 0 atom stereocenters. The van der Waals surface area contributed by atoms with Crippen molar-refractivity contribution in [3.63, 3.8) is 0 Å². The van der Waals surface area contributed by atoms with E-state index in [-0.39, 0.29) is 5.41 Å². The van der Waals surface area contributed by atoms with Crippen LogP contribution in [0.1, 0.15) is 57.3 Å². The first-order valence-corrected chi connectivity index (χ1v) is 11.9. The first-order chi connectivity index (χ1) is 16.1. The second-order valence-electron chi connectivity index (χ2n) is 10.8. The van der Waals surface area contributed by atoms with Gasteiger partial charge in [-0.05, 0) is 73.7 Å². The molecule has 0 bridgehead atoms. The summed E-state index contributed by atoms with van der Waals surface area (Å²) in [6, 6.07) is 18.1. The van der Waals surface area contributed by atoms with Gasteiger partial charge in [-0.2, -0.15) is 0 Å². The van der Waals surface area contributed by atoms with E-state index < -0.39 is 5.60 Å². The lowest BCUT2D eigenvalue weighted by Crippen LogP contribution is -2.25. The number of nitrogens with zero attached hydrogens (tertiary/aromatic N) is 3. The van der Waals surface area contributed by atoms with Gasteiger partial charge in [0.1, 0.15) is 12.4 Å². The molecule has 4 aromatic rings. The molecule has 0 fully saturated rings. The van der Waals surface area contributed by atoms with Crippen LogP contribution in [0.4, 0.5) is 0 Å². The van der Waals surface area contributed by atoms with Gasteiger partial charge in [0, 0.05) is 35.4 Å². The minimum absolute atomic E-state index is 0.0866. The van der Waals surface area contributed by atoms with Crippen LogP contribution in [0.15, 0.2) is 67.0 Å². The van der Waals surface area contributed by atoms with Gasteiger partial charge in [-0.3, -0.25) is 9.97 Å². The second-order valence-corrected chi connectivity index (χ2v) is 10.8. The van der Waals surface area contributed by atoms with E-state index in [1.807, 2.05) is 62.5 Å². The standard InChI is InChI=1S/C29H35N3O2/c1-28(2,3)17-25-24-16-23(34-20-22-11-7-9-15-31-22)12-13-26(24)32(27(25)18-29(4,5)33)19-21-10-6-8-14-30-21/h6-16,33H,17-20H2,1-5H3. The van der Waals surface area contributed by atoms with Gasteiger partial charge in [-0.25, -0.2) is 0 Å². The lowest BCUT2D eigenvalue weighted by Gasteiger charge is -2.23. The normalized spacial score (nSPS) is 12.3. The van der Waals surface area contributed by atoms with Crippen LogP contribution in [0.25, 0.3) is 10.9 Å². The van der Waals surface area contributed by atoms with E-state index in [9.17, 15) is 5.11 Å². The van der Waals surface area contributed by atoms with Crippen molar-refractivity contribution in [3.8, 4) is 5.75 Å². The Morgan fingerprint density at radius 3 is 2.12 bits per heavy atom. The second kappa shape index (κ2) is 9.59. The molecule has 0 spiro atoms. The van der Waals surface area contributed by atoms with Gasteiger partial charge in [0.05, 0.1) is 23.5 Å². The Kier molecular flexibility index (Phi) is 6.76. The first kappa shape index (κ1) is 24.0. The maximum absolute atomic E-state index is 10.8. The van der Waals surface area contributed by atoms with Crippen LogP contribution in [0, 0.1) is 5.41 Å². The van der Waals surface area contributed by atoms with Gasteiger partial charge in [-0.1, -0.05) is 32.9 Å². The van der Waals surface area contributed by atoms with Crippen LogP contribution in [-0.4, -0.2) is 25.2 Å². The SMILES string of the molecule is CC(C)(C)Cc1c(CC(C)(C)O)n(Cc2ccccn2)c2ccc(OCc3ccccn3)cc12. The summed E-state index contributed by atoms with van der Waals surface area (Å²) in [5.41, 5.74) is 4.70. The zero-order valence-corrected chi connectivity index (χ0v) is 20.9. The molecule has 0 aliphatic heterocycles. The van der Waals surface area contributed by atoms with Gasteiger partial charge in [0.25, 0.3) is 0 Å². The topological polar surface area (TPSA) is 60.2 Å². The fourth-order valence-electron chi connectivity index (χ4n) is 4.36. The molecule has 5 heteroatoms. The zero-order chi connectivity index (χ0) is 24.3. The predicted octanol–water partition coefficient (Wildman–Crippen LogP) is 5.96. The molecule has 5 nitrogen and oxygen atoms in total. The van der Waals surface area contributed by atoms with E-state index in [4.69, 9.17) is 4.74 Å². The lowest BCUT2D eigenvalue weighted by atomic mass is 9.85. The summed E-state index contributed by atoms with van der Waals surface area (Å²) in [7, 11) is 0. The smallest absolute Gasteiger partial charge is 0.130 e. The molecule has 0 unspecified atom stereocenters. The third-order valence-electron chi connectivity index (χ3n) is 5.72. The molecule has 0 radical (unpaired) electrons. The highest BCUT2D eigenvalue weighted by molar-refractivity contribution is 5.87. The van der Waals surface area contributed by atoms with Crippen LogP contribution >= 0.6 is 0 Å². The Morgan fingerprint density at radius 1 is 0.853 bits per heavy atom. The third-order valence-corrected chi connectivity index (χ3v) is 5.72.